The molecule has 0 aromatic heterocycles. The zero-order valence-corrected chi connectivity index (χ0v) is 13.6. The second-order valence-electron chi connectivity index (χ2n) is 5.01. The summed E-state index contributed by atoms with van der Waals surface area (Å²) in [5.74, 6) is -0.200. The van der Waals surface area contributed by atoms with E-state index < -0.39 is 9.85 Å². The second-order valence-corrected chi connectivity index (χ2v) is 5.01. The normalized spacial score (nSPS) is 10.5. The Hall–Kier alpha value is -3.04. The lowest BCUT2D eigenvalue weighted by Crippen LogP contribution is -2.02. The van der Waals surface area contributed by atoms with Crippen molar-refractivity contribution in [2.24, 2.45) is 0 Å². The molecule has 0 saturated heterocycles. The second kappa shape index (κ2) is 8.18. The molecule has 2 aromatic carbocycles. The molecule has 0 aliphatic rings. The van der Waals surface area contributed by atoms with E-state index in [4.69, 9.17) is 14.2 Å². The molecule has 0 heterocycles. The van der Waals surface area contributed by atoms with Gasteiger partial charge in [0.15, 0.2) is 0 Å². The number of para-hydroxylation sites is 2. The summed E-state index contributed by atoms with van der Waals surface area (Å²) in [7, 11) is 2.83. The molecule has 0 amide bonds. The fourth-order valence-electron chi connectivity index (χ4n) is 2.38. The zero-order chi connectivity index (χ0) is 18.4. The number of rotatable bonds is 8. The molecule has 0 fully saturated rings. The Balaban J connectivity index is 2.53. The van der Waals surface area contributed by atoms with Crippen molar-refractivity contribution in [1.29, 1.82) is 0 Å². The van der Waals surface area contributed by atoms with Gasteiger partial charge in [0, 0.05) is 14.2 Å². The van der Waals surface area contributed by atoms with Gasteiger partial charge < -0.3 is 14.2 Å². The number of nitro benzene ring substituents is 2. The van der Waals surface area contributed by atoms with Crippen molar-refractivity contribution in [2.45, 2.75) is 13.2 Å². The van der Waals surface area contributed by atoms with E-state index in [2.05, 4.69) is 0 Å². The first-order chi connectivity index (χ1) is 12.0. The first kappa shape index (κ1) is 18.3. The topological polar surface area (TPSA) is 114 Å². The minimum atomic E-state index is -0.603. The fourth-order valence-corrected chi connectivity index (χ4v) is 2.38. The van der Waals surface area contributed by atoms with E-state index in [9.17, 15) is 20.2 Å². The number of hydrogen-bond donors (Lipinski definition) is 0. The van der Waals surface area contributed by atoms with Gasteiger partial charge in [-0.3, -0.25) is 20.2 Å². The molecule has 0 unspecified atom stereocenters. The number of hydrogen-bond acceptors (Lipinski definition) is 7. The smallest absolute Gasteiger partial charge is 0.317 e. The minimum absolute atomic E-state index is 0.0132. The van der Waals surface area contributed by atoms with Gasteiger partial charge in [0.2, 0.25) is 11.5 Å². The molecule has 0 bridgehead atoms. The van der Waals surface area contributed by atoms with Crippen molar-refractivity contribution in [3.05, 3.63) is 67.8 Å². The molecule has 0 N–H and O–H groups in total. The Morgan fingerprint density at radius 3 is 1.52 bits per heavy atom. The van der Waals surface area contributed by atoms with Gasteiger partial charge in [-0.15, -0.1) is 0 Å². The largest absolute Gasteiger partial charge is 0.443 e. The van der Waals surface area contributed by atoms with Gasteiger partial charge in [-0.25, -0.2) is 0 Å². The summed E-state index contributed by atoms with van der Waals surface area (Å²) >= 11 is 0. The van der Waals surface area contributed by atoms with Crippen LogP contribution in [0.4, 0.5) is 11.4 Å². The van der Waals surface area contributed by atoms with Gasteiger partial charge >= 0.3 is 11.4 Å². The highest BCUT2D eigenvalue weighted by molar-refractivity contribution is 5.58. The zero-order valence-electron chi connectivity index (χ0n) is 13.6. The van der Waals surface area contributed by atoms with Crippen LogP contribution in [0.15, 0.2) is 36.4 Å². The van der Waals surface area contributed by atoms with Crippen LogP contribution in [-0.2, 0) is 22.7 Å². The van der Waals surface area contributed by atoms with Crippen molar-refractivity contribution in [2.75, 3.05) is 14.2 Å². The Labute approximate surface area is 143 Å². The van der Waals surface area contributed by atoms with Crippen LogP contribution in [0.2, 0.25) is 0 Å². The minimum Gasteiger partial charge on any atom is -0.443 e. The molecule has 0 radical (unpaired) electrons. The van der Waals surface area contributed by atoms with Gasteiger partial charge in [0.1, 0.15) is 0 Å². The van der Waals surface area contributed by atoms with Crippen molar-refractivity contribution in [3.8, 4) is 11.5 Å². The molecule has 9 heteroatoms. The Morgan fingerprint density at radius 2 is 1.20 bits per heavy atom. The van der Waals surface area contributed by atoms with E-state index in [1.165, 1.54) is 38.5 Å². The van der Waals surface area contributed by atoms with E-state index in [0.717, 1.165) is 0 Å². The molecule has 25 heavy (non-hydrogen) atoms. The molecule has 2 aromatic rings. The van der Waals surface area contributed by atoms with Crippen molar-refractivity contribution in [3.63, 3.8) is 0 Å². The third-order valence-corrected chi connectivity index (χ3v) is 3.35. The van der Waals surface area contributed by atoms with Crippen LogP contribution in [0.25, 0.3) is 0 Å². The third kappa shape index (κ3) is 4.08. The Morgan fingerprint density at radius 1 is 0.800 bits per heavy atom. The van der Waals surface area contributed by atoms with Gasteiger partial charge in [0.05, 0.1) is 34.2 Å². The van der Waals surface area contributed by atoms with Gasteiger partial charge in [0.25, 0.3) is 0 Å². The highest BCUT2D eigenvalue weighted by Crippen LogP contribution is 2.39. The average molecular weight is 348 g/mol. The molecule has 2 rings (SSSR count). The van der Waals surface area contributed by atoms with E-state index in [1.54, 1.807) is 12.1 Å². The summed E-state index contributed by atoms with van der Waals surface area (Å²) < 4.78 is 15.4. The molecule has 0 saturated carbocycles. The summed E-state index contributed by atoms with van der Waals surface area (Å²) in [5.41, 5.74) is 0.0213. The molecular formula is C16H16N2O7. The van der Waals surface area contributed by atoms with E-state index >= 15 is 0 Å². The highest BCUT2D eigenvalue weighted by atomic mass is 16.6. The number of nitrogens with zero attached hydrogens (tertiary/aromatic N) is 2. The van der Waals surface area contributed by atoms with Crippen LogP contribution < -0.4 is 4.74 Å². The maximum Gasteiger partial charge on any atom is 0.317 e. The van der Waals surface area contributed by atoms with Crippen molar-refractivity contribution >= 4 is 11.4 Å². The first-order valence-electron chi connectivity index (χ1n) is 7.17. The summed E-state index contributed by atoms with van der Waals surface area (Å²) in [6, 6.07) is 8.94. The molecular weight excluding hydrogens is 332 g/mol. The third-order valence-electron chi connectivity index (χ3n) is 3.35. The predicted octanol–water partition coefficient (Wildman–Crippen LogP) is 3.59. The first-order valence-corrected chi connectivity index (χ1v) is 7.17. The summed E-state index contributed by atoms with van der Waals surface area (Å²) in [6.07, 6.45) is 0. The summed E-state index contributed by atoms with van der Waals surface area (Å²) in [5, 5.41) is 22.8. The van der Waals surface area contributed by atoms with Gasteiger partial charge in [-0.1, -0.05) is 12.1 Å². The number of benzene rings is 2. The molecule has 0 atom stereocenters. The molecule has 0 aliphatic carbocycles. The van der Waals surface area contributed by atoms with Crippen LogP contribution >= 0.6 is 0 Å². The van der Waals surface area contributed by atoms with Crippen LogP contribution in [0, 0.1) is 20.2 Å². The summed E-state index contributed by atoms with van der Waals surface area (Å²) in [4.78, 5) is 21.6. The van der Waals surface area contributed by atoms with E-state index in [0.29, 0.717) is 11.1 Å². The lowest BCUT2D eigenvalue weighted by atomic mass is 10.1. The maximum absolute atomic E-state index is 11.4. The lowest BCUT2D eigenvalue weighted by molar-refractivity contribution is -0.388. The van der Waals surface area contributed by atoms with Gasteiger partial charge in [-0.2, -0.15) is 0 Å². The van der Waals surface area contributed by atoms with Crippen LogP contribution in [0.5, 0.6) is 11.5 Å². The molecule has 9 nitrogen and oxygen atoms in total. The Bertz CT molecular complexity index is 727. The predicted molar refractivity (Wildman–Crippen MR) is 87.7 cm³/mol. The average Bonchev–Trinajstić information content (AvgIpc) is 2.55. The van der Waals surface area contributed by atoms with Crippen molar-refractivity contribution < 1.29 is 24.1 Å². The van der Waals surface area contributed by atoms with Crippen LogP contribution in [0.1, 0.15) is 11.1 Å². The van der Waals surface area contributed by atoms with Crippen molar-refractivity contribution in [1.82, 2.24) is 0 Å². The standard InChI is InChI=1S/C16H16N2O7/c1-23-9-11-5-3-7-13(15(11)17(19)20)25-14-8-4-6-12(10-24-2)16(14)18(21)22/h3-8H,9-10H2,1-2H3. The van der Waals surface area contributed by atoms with E-state index in [-0.39, 0.29) is 36.1 Å². The van der Waals surface area contributed by atoms with Gasteiger partial charge in [-0.05, 0) is 24.3 Å². The number of methoxy groups -OCH3 is 2. The van der Waals surface area contributed by atoms with E-state index in [1.807, 2.05) is 0 Å². The molecule has 0 aliphatic heterocycles. The molecule has 132 valence electrons. The Kier molecular flexibility index (Phi) is 5.98. The maximum atomic E-state index is 11.4. The summed E-state index contributed by atoms with van der Waals surface area (Å²) in [6.45, 7) is 0.0264. The fraction of sp³-hybridized carbons (Fsp3) is 0.250. The highest BCUT2D eigenvalue weighted by Gasteiger charge is 2.26. The lowest BCUT2D eigenvalue weighted by Gasteiger charge is -2.11. The van der Waals surface area contributed by atoms with Crippen LogP contribution in [0.3, 0.4) is 0 Å². The molecule has 0 spiro atoms. The SMILES string of the molecule is COCc1cccc(Oc2cccc(COC)c2[N+](=O)[O-])c1[N+](=O)[O-]. The quantitative estimate of drug-likeness (QED) is 0.529. The number of nitro groups is 2. The number of ether oxygens (including phenoxy) is 3. The van der Waals surface area contributed by atoms with Crippen LogP contribution in [-0.4, -0.2) is 24.1 Å². The monoisotopic (exact) mass is 348 g/mol.